The molecule has 0 saturated heterocycles. The van der Waals surface area contributed by atoms with Gasteiger partial charge in [-0.15, -0.1) is 0 Å². The van der Waals surface area contributed by atoms with Gasteiger partial charge < -0.3 is 10.2 Å². The molecule has 1 aromatic rings. The summed E-state index contributed by atoms with van der Waals surface area (Å²) in [5.74, 6) is 0.891. The minimum atomic E-state index is -0.626. The van der Waals surface area contributed by atoms with Crippen molar-refractivity contribution in [2.75, 3.05) is 0 Å². The average Bonchev–Trinajstić information content (AvgIpc) is 2.38. The average molecular weight is 262 g/mol. The highest BCUT2D eigenvalue weighted by atomic mass is 16.3. The van der Waals surface area contributed by atoms with Crippen molar-refractivity contribution in [1.29, 1.82) is 0 Å². The highest BCUT2D eigenvalue weighted by Crippen LogP contribution is 2.38. The zero-order valence-electron chi connectivity index (χ0n) is 12.0. The van der Waals surface area contributed by atoms with E-state index in [-0.39, 0.29) is 6.10 Å². The second kappa shape index (κ2) is 6.06. The van der Waals surface area contributed by atoms with Crippen LogP contribution in [0.1, 0.15) is 57.4 Å². The molecule has 2 heteroatoms. The van der Waals surface area contributed by atoms with Crippen molar-refractivity contribution in [2.24, 2.45) is 5.92 Å². The summed E-state index contributed by atoms with van der Waals surface area (Å²) in [7, 11) is 0. The minimum Gasteiger partial charge on any atom is -0.393 e. The Kier molecular flexibility index (Phi) is 4.64. The minimum absolute atomic E-state index is 0.192. The molecule has 3 unspecified atom stereocenters. The van der Waals surface area contributed by atoms with Gasteiger partial charge in [0.2, 0.25) is 0 Å². The van der Waals surface area contributed by atoms with Gasteiger partial charge in [0.05, 0.1) is 11.7 Å². The van der Waals surface area contributed by atoms with Crippen LogP contribution >= 0.6 is 0 Å². The molecule has 2 rings (SSSR count). The summed E-state index contributed by atoms with van der Waals surface area (Å²) in [6.45, 7) is 3.69. The monoisotopic (exact) mass is 262 g/mol. The second-order valence-electron chi connectivity index (χ2n) is 6.60. The lowest BCUT2D eigenvalue weighted by molar-refractivity contribution is 0.0250. The molecule has 19 heavy (non-hydrogen) atoms. The van der Waals surface area contributed by atoms with Gasteiger partial charge in [0.15, 0.2) is 0 Å². The SMILES string of the molecule is CC(C)(O)CCC1CC(c2ccccc2)CCC1O. The molecular formula is C17H26O2. The van der Waals surface area contributed by atoms with Crippen molar-refractivity contribution < 1.29 is 10.2 Å². The van der Waals surface area contributed by atoms with E-state index in [1.54, 1.807) is 0 Å². The largest absolute Gasteiger partial charge is 0.393 e. The standard InChI is InChI=1S/C17H26O2/c1-17(2,19)11-10-15-12-14(8-9-16(15)18)13-6-4-3-5-7-13/h3-7,14-16,18-19H,8-12H2,1-2H3. The molecule has 106 valence electrons. The molecule has 0 spiro atoms. The summed E-state index contributed by atoms with van der Waals surface area (Å²) in [6, 6.07) is 10.6. The first kappa shape index (κ1) is 14.5. The molecule has 0 heterocycles. The lowest BCUT2D eigenvalue weighted by atomic mass is 9.74. The van der Waals surface area contributed by atoms with Crippen LogP contribution in [-0.4, -0.2) is 21.9 Å². The molecule has 0 radical (unpaired) electrons. The van der Waals surface area contributed by atoms with E-state index >= 15 is 0 Å². The first-order valence-electron chi connectivity index (χ1n) is 7.41. The van der Waals surface area contributed by atoms with Crippen molar-refractivity contribution in [2.45, 2.75) is 63.6 Å². The van der Waals surface area contributed by atoms with Gasteiger partial charge in [-0.2, -0.15) is 0 Å². The number of aliphatic hydroxyl groups excluding tert-OH is 1. The van der Waals surface area contributed by atoms with Gasteiger partial charge in [0, 0.05) is 0 Å². The van der Waals surface area contributed by atoms with Crippen LogP contribution in [0.4, 0.5) is 0 Å². The summed E-state index contributed by atoms with van der Waals surface area (Å²) in [5.41, 5.74) is 0.766. The van der Waals surface area contributed by atoms with Crippen LogP contribution in [0.15, 0.2) is 30.3 Å². The van der Waals surface area contributed by atoms with Crippen molar-refractivity contribution in [3.05, 3.63) is 35.9 Å². The highest BCUT2D eigenvalue weighted by molar-refractivity contribution is 5.20. The van der Waals surface area contributed by atoms with Crippen LogP contribution in [0.2, 0.25) is 0 Å². The molecule has 1 aliphatic carbocycles. The fourth-order valence-corrected chi connectivity index (χ4v) is 3.12. The van der Waals surface area contributed by atoms with Crippen LogP contribution in [0, 0.1) is 5.92 Å². The van der Waals surface area contributed by atoms with E-state index < -0.39 is 5.60 Å². The van der Waals surface area contributed by atoms with Crippen LogP contribution < -0.4 is 0 Å². The van der Waals surface area contributed by atoms with Crippen molar-refractivity contribution in [1.82, 2.24) is 0 Å². The third kappa shape index (κ3) is 4.32. The van der Waals surface area contributed by atoms with E-state index in [1.165, 1.54) is 5.56 Å². The Hall–Kier alpha value is -0.860. The predicted molar refractivity (Wildman–Crippen MR) is 78.1 cm³/mol. The molecular weight excluding hydrogens is 236 g/mol. The number of hydrogen-bond acceptors (Lipinski definition) is 2. The fraction of sp³-hybridized carbons (Fsp3) is 0.647. The van der Waals surface area contributed by atoms with Gasteiger partial charge in [-0.1, -0.05) is 30.3 Å². The van der Waals surface area contributed by atoms with Crippen molar-refractivity contribution in [3.8, 4) is 0 Å². The van der Waals surface area contributed by atoms with Gasteiger partial charge >= 0.3 is 0 Å². The Bertz CT molecular complexity index is 380. The summed E-state index contributed by atoms with van der Waals surface area (Å²) in [5, 5.41) is 20.0. The molecule has 0 aliphatic heterocycles. The predicted octanol–water partition coefficient (Wildman–Crippen LogP) is 3.48. The van der Waals surface area contributed by atoms with E-state index in [0.29, 0.717) is 11.8 Å². The van der Waals surface area contributed by atoms with Gasteiger partial charge in [0.1, 0.15) is 0 Å². The van der Waals surface area contributed by atoms with Gasteiger partial charge in [-0.05, 0) is 63.4 Å². The number of benzene rings is 1. The molecule has 0 aromatic heterocycles. The zero-order valence-corrected chi connectivity index (χ0v) is 12.0. The molecule has 2 N–H and O–H groups in total. The highest BCUT2D eigenvalue weighted by Gasteiger charge is 2.30. The lowest BCUT2D eigenvalue weighted by Gasteiger charge is -2.34. The van der Waals surface area contributed by atoms with Crippen LogP contribution in [0.3, 0.4) is 0 Å². The molecule has 1 saturated carbocycles. The maximum absolute atomic E-state index is 10.1. The Balaban J connectivity index is 1.96. The van der Waals surface area contributed by atoms with Crippen LogP contribution in [-0.2, 0) is 0 Å². The number of hydrogen-bond donors (Lipinski definition) is 2. The Morgan fingerprint density at radius 3 is 2.47 bits per heavy atom. The molecule has 0 bridgehead atoms. The summed E-state index contributed by atoms with van der Waals surface area (Å²) in [4.78, 5) is 0. The number of aliphatic hydroxyl groups is 2. The third-order valence-electron chi connectivity index (χ3n) is 4.34. The maximum Gasteiger partial charge on any atom is 0.0591 e. The summed E-state index contributed by atoms with van der Waals surface area (Å²) < 4.78 is 0. The van der Waals surface area contributed by atoms with E-state index in [0.717, 1.165) is 32.1 Å². The van der Waals surface area contributed by atoms with E-state index in [2.05, 4.69) is 24.3 Å². The quantitative estimate of drug-likeness (QED) is 0.872. The Morgan fingerprint density at radius 2 is 1.84 bits per heavy atom. The normalized spacial score (nSPS) is 28.3. The van der Waals surface area contributed by atoms with E-state index in [4.69, 9.17) is 0 Å². The Labute approximate surface area is 116 Å². The topological polar surface area (TPSA) is 40.5 Å². The first-order valence-corrected chi connectivity index (χ1v) is 7.41. The van der Waals surface area contributed by atoms with E-state index in [9.17, 15) is 10.2 Å². The van der Waals surface area contributed by atoms with Gasteiger partial charge in [-0.25, -0.2) is 0 Å². The van der Waals surface area contributed by atoms with Crippen molar-refractivity contribution >= 4 is 0 Å². The third-order valence-corrected chi connectivity index (χ3v) is 4.34. The van der Waals surface area contributed by atoms with Crippen LogP contribution in [0.5, 0.6) is 0 Å². The van der Waals surface area contributed by atoms with E-state index in [1.807, 2.05) is 19.9 Å². The second-order valence-corrected chi connectivity index (χ2v) is 6.60. The molecule has 1 aliphatic rings. The summed E-state index contributed by atoms with van der Waals surface area (Å²) >= 11 is 0. The lowest BCUT2D eigenvalue weighted by Crippen LogP contribution is -2.30. The molecule has 0 amide bonds. The Morgan fingerprint density at radius 1 is 1.16 bits per heavy atom. The van der Waals surface area contributed by atoms with Crippen LogP contribution in [0.25, 0.3) is 0 Å². The first-order chi connectivity index (χ1) is 8.96. The number of rotatable bonds is 4. The smallest absolute Gasteiger partial charge is 0.0591 e. The zero-order chi connectivity index (χ0) is 13.9. The summed E-state index contributed by atoms with van der Waals surface area (Å²) in [6.07, 6.45) is 4.48. The molecule has 2 nitrogen and oxygen atoms in total. The molecule has 1 aromatic carbocycles. The molecule has 3 atom stereocenters. The molecule has 1 fully saturated rings. The van der Waals surface area contributed by atoms with Gasteiger partial charge in [0.25, 0.3) is 0 Å². The fourth-order valence-electron chi connectivity index (χ4n) is 3.12. The van der Waals surface area contributed by atoms with Crippen molar-refractivity contribution in [3.63, 3.8) is 0 Å². The van der Waals surface area contributed by atoms with Gasteiger partial charge in [-0.3, -0.25) is 0 Å². The maximum atomic E-state index is 10.1.